The van der Waals surface area contributed by atoms with Crippen molar-refractivity contribution < 1.29 is 8.42 Å². The summed E-state index contributed by atoms with van der Waals surface area (Å²) in [6.45, 7) is 9.65. The lowest BCUT2D eigenvalue weighted by Gasteiger charge is -2.18. The largest absolute Gasteiger partial charge is 0.312 e. The standard InChI is InChI=1S/C15H26N2O2S2/c1-5-7-8-10-17(4)21(18,19)15-13(3)12-20-14(15)11-16-9-6-2/h5,12,16H,1,6-11H2,2-4H3. The lowest BCUT2D eigenvalue weighted by Crippen LogP contribution is -2.29. The van der Waals surface area contributed by atoms with Crippen molar-refractivity contribution in [2.75, 3.05) is 20.1 Å². The van der Waals surface area contributed by atoms with E-state index < -0.39 is 10.0 Å². The molecule has 4 nitrogen and oxygen atoms in total. The number of nitrogens with zero attached hydrogens (tertiary/aromatic N) is 1. The molecule has 0 fully saturated rings. The molecule has 120 valence electrons. The summed E-state index contributed by atoms with van der Waals surface area (Å²) in [6, 6.07) is 0. The minimum atomic E-state index is -3.41. The van der Waals surface area contributed by atoms with Crippen LogP contribution in [0.3, 0.4) is 0 Å². The van der Waals surface area contributed by atoms with Crippen LogP contribution in [-0.2, 0) is 16.6 Å². The number of hydrogen-bond donors (Lipinski definition) is 1. The van der Waals surface area contributed by atoms with Crippen molar-refractivity contribution in [1.82, 2.24) is 9.62 Å². The first-order valence-electron chi connectivity index (χ1n) is 7.30. The van der Waals surface area contributed by atoms with Crippen LogP contribution in [0.1, 0.15) is 36.6 Å². The molecule has 0 saturated carbocycles. The SMILES string of the molecule is C=CCCCN(C)S(=O)(=O)c1c(C)csc1CNCCC. The molecule has 0 aromatic carbocycles. The van der Waals surface area contributed by atoms with Gasteiger partial charge in [-0.05, 0) is 43.7 Å². The monoisotopic (exact) mass is 330 g/mol. The van der Waals surface area contributed by atoms with Gasteiger partial charge in [-0.2, -0.15) is 0 Å². The third-order valence-corrected chi connectivity index (χ3v) is 6.57. The molecule has 0 spiro atoms. The van der Waals surface area contributed by atoms with E-state index in [2.05, 4.69) is 18.8 Å². The Hall–Kier alpha value is -0.690. The highest BCUT2D eigenvalue weighted by molar-refractivity contribution is 7.89. The Bertz CT molecular complexity index is 550. The minimum absolute atomic E-state index is 0.484. The highest BCUT2D eigenvalue weighted by Gasteiger charge is 2.26. The van der Waals surface area contributed by atoms with Gasteiger partial charge in [-0.25, -0.2) is 12.7 Å². The van der Waals surface area contributed by atoms with Crippen LogP contribution in [0.25, 0.3) is 0 Å². The molecule has 0 amide bonds. The molecule has 0 aliphatic rings. The fraction of sp³-hybridized carbons (Fsp3) is 0.600. The van der Waals surface area contributed by atoms with Crippen molar-refractivity contribution in [3.63, 3.8) is 0 Å². The maximum atomic E-state index is 12.7. The van der Waals surface area contributed by atoms with E-state index in [1.54, 1.807) is 7.05 Å². The number of allylic oxidation sites excluding steroid dienone is 1. The van der Waals surface area contributed by atoms with Crippen molar-refractivity contribution in [3.8, 4) is 0 Å². The van der Waals surface area contributed by atoms with Gasteiger partial charge in [0.1, 0.15) is 4.90 Å². The van der Waals surface area contributed by atoms with Crippen LogP contribution in [0.4, 0.5) is 0 Å². The molecule has 0 aliphatic heterocycles. The van der Waals surface area contributed by atoms with E-state index in [-0.39, 0.29) is 0 Å². The van der Waals surface area contributed by atoms with Gasteiger partial charge in [0.15, 0.2) is 0 Å². The van der Waals surface area contributed by atoms with Crippen LogP contribution in [0.5, 0.6) is 0 Å². The lowest BCUT2D eigenvalue weighted by atomic mass is 10.3. The molecule has 0 atom stereocenters. The lowest BCUT2D eigenvalue weighted by molar-refractivity contribution is 0.461. The zero-order chi connectivity index (χ0) is 15.9. The van der Waals surface area contributed by atoms with E-state index in [0.717, 1.165) is 36.2 Å². The van der Waals surface area contributed by atoms with E-state index in [1.807, 2.05) is 18.4 Å². The van der Waals surface area contributed by atoms with Crippen LogP contribution in [0.2, 0.25) is 0 Å². The fourth-order valence-corrected chi connectivity index (χ4v) is 5.00. The Kier molecular flexibility index (Phi) is 7.59. The summed E-state index contributed by atoms with van der Waals surface area (Å²) in [5.41, 5.74) is 0.837. The number of thiophene rings is 1. The summed E-state index contributed by atoms with van der Waals surface area (Å²) in [6.07, 6.45) is 4.48. The first-order chi connectivity index (χ1) is 9.95. The molecule has 1 rings (SSSR count). The van der Waals surface area contributed by atoms with E-state index in [1.165, 1.54) is 15.6 Å². The molecule has 0 radical (unpaired) electrons. The second kappa shape index (κ2) is 8.68. The molecule has 1 aromatic heterocycles. The van der Waals surface area contributed by atoms with Crippen LogP contribution in [0, 0.1) is 6.92 Å². The normalized spacial score (nSPS) is 12.0. The van der Waals surface area contributed by atoms with E-state index >= 15 is 0 Å². The number of sulfonamides is 1. The second-order valence-electron chi connectivity index (χ2n) is 5.11. The number of aryl methyl sites for hydroxylation is 1. The van der Waals surface area contributed by atoms with Gasteiger partial charge in [0.2, 0.25) is 10.0 Å². The van der Waals surface area contributed by atoms with Gasteiger partial charge >= 0.3 is 0 Å². The summed E-state index contributed by atoms with van der Waals surface area (Å²) >= 11 is 1.51. The van der Waals surface area contributed by atoms with Crippen LogP contribution < -0.4 is 5.32 Å². The summed E-state index contributed by atoms with van der Waals surface area (Å²) in [4.78, 5) is 1.38. The summed E-state index contributed by atoms with van der Waals surface area (Å²) in [5, 5.41) is 5.21. The van der Waals surface area contributed by atoms with E-state index in [4.69, 9.17) is 0 Å². The van der Waals surface area contributed by atoms with Crippen LogP contribution in [-0.4, -0.2) is 32.9 Å². The van der Waals surface area contributed by atoms with Crippen molar-refractivity contribution in [3.05, 3.63) is 28.5 Å². The quantitative estimate of drug-likeness (QED) is 0.529. The van der Waals surface area contributed by atoms with Gasteiger partial charge in [-0.1, -0.05) is 13.0 Å². The van der Waals surface area contributed by atoms with Crippen molar-refractivity contribution in [2.45, 2.75) is 44.6 Å². The van der Waals surface area contributed by atoms with Gasteiger partial charge in [-0.3, -0.25) is 0 Å². The summed E-state index contributed by atoms with van der Waals surface area (Å²) < 4.78 is 26.9. The fourth-order valence-electron chi connectivity index (χ4n) is 2.07. The van der Waals surface area contributed by atoms with Crippen molar-refractivity contribution >= 4 is 21.4 Å². The first-order valence-corrected chi connectivity index (χ1v) is 9.62. The molecule has 21 heavy (non-hydrogen) atoms. The molecule has 0 bridgehead atoms. The maximum absolute atomic E-state index is 12.7. The Morgan fingerprint density at radius 3 is 2.81 bits per heavy atom. The predicted molar refractivity (Wildman–Crippen MR) is 90.3 cm³/mol. The van der Waals surface area contributed by atoms with Crippen LogP contribution >= 0.6 is 11.3 Å². The minimum Gasteiger partial charge on any atom is -0.312 e. The molecular weight excluding hydrogens is 304 g/mol. The summed E-state index contributed by atoms with van der Waals surface area (Å²) in [5.74, 6) is 0. The Balaban J connectivity index is 2.90. The number of nitrogens with one attached hydrogen (secondary N) is 1. The number of unbranched alkanes of at least 4 members (excludes halogenated alkanes) is 1. The molecule has 0 saturated heterocycles. The first kappa shape index (κ1) is 18.4. The summed E-state index contributed by atoms with van der Waals surface area (Å²) in [7, 11) is -1.75. The smallest absolute Gasteiger partial charge is 0.244 e. The van der Waals surface area contributed by atoms with Crippen molar-refractivity contribution in [1.29, 1.82) is 0 Å². The van der Waals surface area contributed by atoms with E-state index in [0.29, 0.717) is 18.0 Å². The molecule has 6 heteroatoms. The van der Waals surface area contributed by atoms with Gasteiger partial charge in [0.05, 0.1) is 0 Å². The molecule has 1 heterocycles. The molecule has 1 aromatic rings. The number of rotatable bonds is 10. The highest BCUT2D eigenvalue weighted by Crippen LogP contribution is 2.29. The Labute approximate surface area is 132 Å². The average Bonchev–Trinajstić information content (AvgIpc) is 2.81. The average molecular weight is 331 g/mol. The number of hydrogen-bond acceptors (Lipinski definition) is 4. The third kappa shape index (κ3) is 4.92. The van der Waals surface area contributed by atoms with Gasteiger partial charge in [-0.15, -0.1) is 17.9 Å². The predicted octanol–water partition coefficient (Wildman–Crippen LogP) is 3.14. The van der Waals surface area contributed by atoms with Crippen LogP contribution in [0.15, 0.2) is 22.9 Å². The molecule has 0 unspecified atom stereocenters. The third-order valence-electron chi connectivity index (χ3n) is 3.25. The highest BCUT2D eigenvalue weighted by atomic mass is 32.2. The van der Waals surface area contributed by atoms with Gasteiger partial charge < -0.3 is 5.32 Å². The molecule has 0 aliphatic carbocycles. The van der Waals surface area contributed by atoms with E-state index in [9.17, 15) is 8.42 Å². The zero-order valence-electron chi connectivity index (χ0n) is 13.2. The van der Waals surface area contributed by atoms with Crippen molar-refractivity contribution in [2.24, 2.45) is 0 Å². The second-order valence-corrected chi connectivity index (χ2v) is 8.05. The maximum Gasteiger partial charge on any atom is 0.244 e. The van der Waals surface area contributed by atoms with Gasteiger partial charge in [0, 0.05) is 25.0 Å². The topological polar surface area (TPSA) is 49.4 Å². The Morgan fingerprint density at radius 1 is 1.48 bits per heavy atom. The zero-order valence-corrected chi connectivity index (χ0v) is 14.8. The Morgan fingerprint density at radius 2 is 2.19 bits per heavy atom. The molecular formula is C15H26N2O2S2. The van der Waals surface area contributed by atoms with Gasteiger partial charge in [0.25, 0.3) is 0 Å². The molecule has 1 N–H and O–H groups in total.